The van der Waals surface area contributed by atoms with Gasteiger partial charge in [0, 0.05) is 19.2 Å². The van der Waals surface area contributed by atoms with Gasteiger partial charge < -0.3 is 35.4 Å². The summed E-state index contributed by atoms with van der Waals surface area (Å²) in [6.07, 6.45) is 1.70. The number of carbonyl (C=O) groups is 4. The number of para-hydroxylation sites is 1. The highest BCUT2D eigenvalue weighted by Crippen LogP contribution is 2.29. The summed E-state index contributed by atoms with van der Waals surface area (Å²) in [4.78, 5) is 50.6. The molecule has 0 aromatic heterocycles. The number of nitrogens with zero attached hydrogens (tertiary/aromatic N) is 1. The number of hydrogen-bond acceptors (Lipinski definition) is 6. The molecule has 0 saturated carbocycles. The van der Waals surface area contributed by atoms with Crippen LogP contribution in [0.4, 0.5) is 21.9 Å². The lowest BCUT2D eigenvalue weighted by atomic mass is 10.1. The topological polar surface area (TPSA) is 146 Å². The number of rotatable bonds is 10. The average molecular weight is 575 g/mol. The van der Waals surface area contributed by atoms with Crippen LogP contribution >= 0.6 is 0 Å². The standard InChI is InChI=1S/C31H34N4O7/c1-19-7-4-5-9-24(19)33-31(40)34-25-12-10-21(15-28(25)41-3)16-29(37)35-14-6-8-23(35)18-42-27-13-11-22(30(38)39)17-26(27)32-20(2)36/h4-5,7,9-13,15,17,23H,6,8,14,16,18H2,1-3H3,(H,32,36)(H,38,39)(H2,33,34,40). The molecule has 1 aliphatic heterocycles. The number of hydrogen-bond donors (Lipinski definition) is 4. The predicted octanol–water partition coefficient (Wildman–Crippen LogP) is 4.92. The minimum absolute atomic E-state index is 0.0207. The second-order valence-electron chi connectivity index (χ2n) is 10.00. The number of benzene rings is 3. The van der Waals surface area contributed by atoms with Crippen LogP contribution in [0.15, 0.2) is 60.7 Å². The molecule has 42 heavy (non-hydrogen) atoms. The summed E-state index contributed by atoms with van der Waals surface area (Å²) in [5.74, 6) is -0.801. The molecule has 0 spiro atoms. The van der Waals surface area contributed by atoms with E-state index in [1.807, 2.05) is 31.2 Å². The number of anilines is 3. The molecule has 1 aliphatic rings. The molecule has 3 aromatic carbocycles. The van der Waals surface area contributed by atoms with Crippen LogP contribution in [0.2, 0.25) is 0 Å². The van der Waals surface area contributed by atoms with Crippen LogP contribution in [-0.2, 0) is 16.0 Å². The van der Waals surface area contributed by atoms with Crippen LogP contribution < -0.4 is 25.4 Å². The van der Waals surface area contributed by atoms with Gasteiger partial charge in [0.05, 0.1) is 36.5 Å². The molecule has 4 rings (SSSR count). The summed E-state index contributed by atoms with van der Waals surface area (Å²) in [6, 6.07) is 16.3. The minimum Gasteiger partial charge on any atom is -0.495 e. The Labute approximate surface area is 243 Å². The summed E-state index contributed by atoms with van der Waals surface area (Å²) in [5, 5.41) is 17.5. The molecular formula is C31H34N4O7. The molecule has 0 radical (unpaired) electrons. The monoisotopic (exact) mass is 574 g/mol. The zero-order valence-electron chi connectivity index (χ0n) is 23.7. The van der Waals surface area contributed by atoms with Crippen molar-refractivity contribution in [2.24, 2.45) is 0 Å². The maximum Gasteiger partial charge on any atom is 0.335 e. The number of carboxylic acids is 1. The van der Waals surface area contributed by atoms with Crippen LogP contribution in [0.5, 0.6) is 11.5 Å². The second-order valence-corrected chi connectivity index (χ2v) is 10.00. The number of carboxylic acid groups (broad SMARTS) is 1. The Morgan fingerprint density at radius 1 is 0.929 bits per heavy atom. The molecule has 220 valence electrons. The number of aryl methyl sites for hydroxylation is 1. The molecule has 1 heterocycles. The lowest BCUT2D eigenvalue weighted by Crippen LogP contribution is -2.40. The molecular weight excluding hydrogens is 540 g/mol. The zero-order chi connectivity index (χ0) is 30.2. The first kappa shape index (κ1) is 29.9. The van der Waals surface area contributed by atoms with E-state index >= 15 is 0 Å². The van der Waals surface area contributed by atoms with Crippen molar-refractivity contribution in [1.82, 2.24) is 4.90 Å². The van der Waals surface area contributed by atoms with E-state index in [0.717, 1.165) is 24.0 Å². The molecule has 4 N–H and O–H groups in total. The maximum atomic E-state index is 13.3. The Morgan fingerprint density at radius 2 is 1.69 bits per heavy atom. The van der Waals surface area contributed by atoms with Gasteiger partial charge in [0.2, 0.25) is 11.8 Å². The summed E-state index contributed by atoms with van der Waals surface area (Å²) in [6.45, 7) is 4.00. The molecule has 11 nitrogen and oxygen atoms in total. The maximum absolute atomic E-state index is 13.3. The smallest absolute Gasteiger partial charge is 0.335 e. The summed E-state index contributed by atoms with van der Waals surface area (Å²) in [5.41, 5.74) is 3.10. The average Bonchev–Trinajstić information content (AvgIpc) is 3.43. The van der Waals surface area contributed by atoms with Crippen molar-refractivity contribution < 1.29 is 33.8 Å². The molecule has 1 saturated heterocycles. The highest BCUT2D eigenvalue weighted by atomic mass is 16.5. The van der Waals surface area contributed by atoms with Gasteiger partial charge in [-0.1, -0.05) is 24.3 Å². The van der Waals surface area contributed by atoms with Gasteiger partial charge in [-0.25, -0.2) is 9.59 Å². The van der Waals surface area contributed by atoms with Crippen molar-refractivity contribution in [2.45, 2.75) is 39.2 Å². The van der Waals surface area contributed by atoms with Gasteiger partial charge in [-0.15, -0.1) is 0 Å². The number of aromatic carboxylic acids is 1. The van der Waals surface area contributed by atoms with Crippen molar-refractivity contribution in [3.05, 3.63) is 77.4 Å². The molecule has 0 aliphatic carbocycles. The fourth-order valence-corrected chi connectivity index (χ4v) is 4.81. The Kier molecular flexibility index (Phi) is 9.64. The van der Waals surface area contributed by atoms with Crippen LogP contribution in [-0.4, -0.2) is 60.1 Å². The highest BCUT2D eigenvalue weighted by molar-refractivity contribution is 6.01. The number of nitrogens with one attached hydrogen (secondary N) is 3. The third kappa shape index (κ3) is 7.57. The van der Waals surface area contributed by atoms with Crippen molar-refractivity contribution in [3.63, 3.8) is 0 Å². The normalized spacial score (nSPS) is 14.2. The Bertz CT molecular complexity index is 1490. The van der Waals surface area contributed by atoms with Gasteiger partial charge in [-0.2, -0.15) is 0 Å². The Hall–Kier alpha value is -5.06. The van der Waals surface area contributed by atoms with E-state index in [4.69, 9.17) is 9.47 Å². The Balaban J connectivity index is 1.38. The van der Waals surface area contributed by atoms with E-state index in [1.54, 1.807) is 23.1 Å². The summed E-state index contributed by atoms with van der Waals surface area (Å²) < 4.78 is 11.4. The zero-order valence-corrected chi connectivity index (χ0v) is 23.7. The van der Waals surface area contributed by atoms with E-state index in [9.17, 15) is 24.3 Å². The van der Waals surface area contributed by atoms with Crippen LogP contribution in [0.1, 0.15) is 41.3 Å². The number of amides is 4. The van der Waals surface area contributed by atoms with Crippen LogP contribution in [0.3, 0.4) is 0 Å². The van der Waals surface area contributed by atoms with Crippen LogP contribution in [0, 0.1) is 6.92 Å². The fraction of sp³-hybridized carbons (Fsp3) is 0.290. The van der Waals surface area contributed by atoms with Gasteiger partial charge in [-0.05, 0) is 67.3 Å². The Morgan fingerprint density at radius 3 is 2.40 bits per heavy atom. The predicted molar refractivity (Wildman–Crippen MR) is 158 cm³/mol. The van der Waals surface area contributed by atoms with E-state index < -0.39 is 12.0 Å². The fourth-order valence-electron chi connectivity index (χ4n) is 4.81. The van der Waals surface area contributed by atoms with Gasteiger partial charge in [0.15, 0.2) is 0 Å². The molecule has 4 amide bonds. The van der Waals surface area contributed by atoms with Crippen molar-refractivity contribution in [1.29, 1.82) is 0 Å². The minimum atomic E-state index is -1.12. The van der Waals surface area contributed by atoms with Crippen molar-refractivity contribution in [3.8, 4) is 11.5 Å². The largest absolute Gasteiger partial charge is 0.495 e. The first-order chi connectivity index (χ1) is 20.1. The number of carbonyl (C=O) groups excluding carboxylic acids is 3. The number of ether oxygens (including phenoxy) is 2. The van der Waals surface area contributed by atoms with Gasteiger partial charge >= 0.3 is 12.0 Å². The lowest BCUT2D eigenvalue weighted by Gasteiger charge is -2.25. The molecule has 1 atom stereocenters. The molecule has 11 heteroatoms. The van der Waals surface area contributed by atoms with E-state index in [1.165, 1.54) is 32.2 Å². The lowest BCUT2D eigenvalue weighted by molar-refractivity contribution is -0.131. The quantitative estimate of drug-likeness (QED) is 0.269. The van der Waals surface area contributed by atoms with E-state index in [-0.39, 0.29) is 42.1 Å². The van der Waals surface area contributed by atoms with Crippen LogP contribution in [0.25, 0.3) is 0 Å². The number of urea groups is 1. The SMILES string of the molecule is COc1cc(CC(=O)N2CCCC2COc2ccc(C(=O)O)cc2NC(C)=O)ccc1NC(=O)Nc1ccccc1C. The number of methoxy groups -OCH3 is 1. The second kappa shape index (κ2) is 13.5. The first-order valence-corrected chi connectivity index (χ1v) is 13.5. The molecule has 1 fully saturated rings. The summed E-state index contributed by atoms with van der Waals surface area (Å²) >= 11 is 0. The van der Waals surface area contributed by atoms with E-state index in [0.29, 0.717) is 29.4 Å². The van der Waals surface area contributed by atoms with Crippen molar-refractivity contribution in [2.75, 3.05) is 36.2 Å². The number of likely N-dealkylation sites (tertiary alicyclic amines) is 1. The third-order valence-electron chi connectivity index (χ3n) is 6.93. The highest BCUT2D eigenvalue weighted by Gasteiger charge is 2.29. The van der Waals surface area contributed by atoms with E-state index in [2.05, 4.69) is 16.0 Å². The third-order valence-corrected chi connectivity index (χ3v) is 6.93. The molecule has 0 bridgehead atoms. The first-order valence-electron chi connectivity index (χ1n) is 13.5. The van der Waals surface area contributed by atoms with Crippen molar-refractivity contribution >= 4 is 40.9 Å². The van der Waals surface area contributed by atoms with Gasteiger partial charge in [0.1, 0.15) is 18.1 Å². The van der Waals surface area contributed by atoms with Gasteiger partial charge in [0.25, 0.3) is 0 Å². The molecule has 3 aromatic rings. The summed E-state index contributed by atoms with van der Waals surface area (Å²) in [7, 11) is 1.50. The molecule has 1 unspecified atom stereocenters. The van der Waals surface area contributed by atoms with Gasteiger partial charge in [-0.3, -0.25) is 9.59 Å².